The molecule has 1 aromatic heterocycles. The van der Waals surface area contributed by atoms with Crippen molar-refractivity contribution in [2.24, 2.45) is 0 Å². The van der Waals surface area contributed by atoms with Gasteiger partial charge in [-0.2, -0.15) is 13.2 Å². The molecule has 3 rings (SSSR count). The summed E-state index contributed by atoms with van der Waals surface area (Å²) in [5, 5.41) is 10.3. The fourth-order valence-corrected chi connectivity index (χ4v) is 3.49. The number of halogens is 3. The normalized spacial score (nSPS) is 11.8. The van der Waals surface area contributed by atoms with Crippen molar-refractivity contribution in [1.82, 2.24) is 9.97 Å². The van der Waals surface area contributed by atoms with Crippen molar-refractivity contribution in [3.8, 4) is 0 Å². The second-order valence-corrected chi connectivity index (χ2v) is 6.48. The number of benzene rings is 2. The summed E-state index contributed by atoms with van der Waals surface area (Å²) in [5.41, 5.74) is 2.08. The van der Waals surface area contributed by atoms with Crippen LogP contribution in [0.3, 0.4) is 0 Å². The fraction of sp³-hybridized carbons (Fsp3) is 0.222. The first kappa shape index (κ1) is 17.7. The maximum absolute atomic E-state index is 13.0. The number of aliphatic hydroxyl groups is 1. The molecule has 25 heavy (non-hydrogen) atoms. The lowest BCUT2D eigenvalue weighted by molar-refractivity contribution is -0.145. The highest BCUT2D eigenvalue weighted by molar-refractivity contribution is 7.99. The van der Waals surface area contributed by atoms with Crippen molar-refractivity contribution in [3.63, 3.8) is 0 Å². The molecule has 130 valence electrons. The summed E-state index contributed by atoms with van der Waals surface area (Å²) in [5.74, 6) is -0.570. The first-order valence-electron chi connectivity index (χ1n) is 7.63. The standard InChI is InChI=1S/C18H15F3N2OS/c19-18(20,21)17-22-15-8-4-3-7-14(15)16(23-17)25-10-9-12-5-1-2-6-13(12)11-24/h1-8,24H,9-11H2. The number of rotatable bonds is 5. The second kappa shape index (κ2) is 7.41. The van der Waals surface area contributed by atoms with E-state index in [0.717, 1.165) is 11.1 Å². The van der Waals surface area contributed by atoms with Crippen LogP contribution in [0.25, 0.3) is 10.9 Å². The highest BCUT2D eigenvalue weighted by Gasteiger charge is 2.35. The minimum Gasteiger partial charge on any atom is -0.392 e. The average Bonchev–Trinajstić information content (AvgIpc) is 2.61. The van der Waals surface area contributed by atoms with E-state index in [1.807, 2.05) is 24.3 Å². The molecule has 0 fully saturated rings. The zero-order valence-corrected chi connectivity index (χ0v) is 13.9. The molecule has 0 bridgehead atoms. The molecular formula is C18H15F3N2OS. The number of aromatic nitrogens is 2. The average molecular weight is 364 g/mol. The van der Waals surface area contributed by atoms with E-state index in [0.29, 0.717) is 22.6 Å². The molecule has 0 saturated heterocycles. The van der Waals surface area contributed by atoms with Gasteiger partial charge >= 0.3 is 6.18 Å². The van der Waals surface area contributed by atoms with Crippen molar-refractivity contribution in [3.05, 3.63) is 65.5 Å². The van der Waals surface area contributed by atoms with Crippen LogP contribution in [-0.2, 0) is 19.2 Å². The van der Waals surface area contributed by atoms with Crippen LogP contribution in [-0.4, -0.2) is 20.8 Å². The van der Waals surface area contributed by atoms with Gasteiger partial charge in [0.25, 0.3) is 0 Å². The first-order valence-corrected chi connectivity index (χ1v) is 8.62. The molecule has 0 unspecified atom stereocenters. The molecule has 0 amide bonds. The molecular weight excluding hydrogens is 349 g/mol. The molecule has 1 N–H and O–H groups in total. The quantitative estimate of drug-likeness (QED) is 0.536. The van der Waals surface area contributed by atoms with E-state index in [-0.39, 0.29) is 12.1 Å². The van der Waals surface area contributed by atoms with Gasteiger partial charge in [0.15, 0.2) is 0 Å². The number of hydrogen-bond donors (Lipinski definition) is 1. The van der Waals surface area contributed by atoms with Gasteiger partial charge in [-0.1, -0.05) is 42.5 Å². The molecule has 0 radical (unpaired) electrons. The van der Waals surface area contributed by atoms with E-state index in [1.54, 1.807) is 24.3 Å². The van der Waals surface area contributed by atoms with Crippen LogP contribution in [0.5, 0.6) is 0 Å². The van der Waals surface area contributed by atoms with Gasteiger partial charge in [0, 0.05) is 11.1 Å². The molecule has 2 aromatic carbocycles. The van der Waals surface area contributed by atoms with Crippen molar-refractivity contribution < 1.29 is 18.3 Å². The highest BCUT2D eigenvalue weighted by atomic mass is 32.2. The Labute approximate surface area is 146 Å². The van der Waals surface area contributed by atoms with Crippen molar-refractivity contribution >= 4 is 22.7 Å². The topological polar surface area (TPSA) is 46.0 Å². The lowest BCUT2D eigenvalue weighted by Gasteiger charge is -2.11. The van der Waals surface area contributed by atoms with E-state index < -0.39 is 12.0 Å². The Hall–Kier alpha value is -2.12. The second-order valence-electron chi connectivity index (χ2n) is 5.39. The molecule has 1 heterocycles. The number of hydrogen-bond acceptors (Lipinski definition) is 4. The summed E-state index contributed by atoms with van der Waals surface area (Å²) in [6.45, 7) is -0.0600. The lowest BCUT2D eigenvalue weighted by atomic mass is 10.1. The van der Waals surface area contributed by atoms with E-state index in [2.05, 4.69) is 9.97 Å². The van der Waals surface area contributed by atoms with Gasteiger partial charge in [-0.05, 0) is 23.6 Å². The third-order valence-corrected chi connectivity index (χ3v) is 4.71. The van der Waals surface area contributed by atoms with Gasteiger partial charge in [0.05, 0.1) is 12.1 Å². The van der Waals surface area contributed by atoms with Gasteiger partial charge in [-0.15, -0.1) is 11.8 Å². The first-order chi connectivity index (χ1) is 12.0. The minimum atomic E-state index is -4.58. The third kappa shape index (κ3) is 4.11. The van der Waals surface area contributed by atoms with Gasteiger partial charge < -0.3 is 5.11 Å². The van der Waals surface area contributed by atoms with Gasteiger partial charge in [-0.3, -0.25) is 0 Å². The van der Waals surface area contributed by atoms with Gasteiger partial charge in [0.1, 0.15) is 5.03 Å². The Balaban J connectivity index is 1.85. The van der Waals surface area contributed by atoms with Crippen molar-refractivity contribution in [1.29, 1.82) is 0 Å². The van der Waals surface area contributed by atoms with Crippen LogP contribution < -0.4 is 0 Å². The van der Waals surface area contributed by atoms with Gasteiger partial charge in [-0.25, -0.2) is 9.97 Å². The maximum atomic E-state index is 13.0. The molecule has 3 aromatic rings. The van der Waals surface area contributed by atoms with Crippen LogP contribution in [0.1, 0.15) is 17.0 Å². The van der Waals surface area contributed by atoms with E-state index in [4.69, 9.17) is 0 Å². The summed E-state index contributed by atoms with van der Waals surface area (Å²) >= 11 is 1.26. The van der Waals surface area contributed by atoms with E-state index in [9.17, 15) is 18.3 Å². The Morgan fingerprint density at radius 2 is 1.60 bits per heavy atom. The summed E-state index contributed by atoms with van der Waals surface area (Å²) in [6, 6.07) is 14.1. The number of aliphatic hydroxyl groups excluding tert-OH is 1. The number of nitrogens with zero attached hydrogens (tertiary/aromatic N) is 2. The molecule has 7 heteroatoms. The van der Waals surface area contributed by atoms with E-state index >= 15 is 0 Å². The maximum Gasteiger partial charge on any atom is 0.451 e. The number of alkyl halides is 3. The summed E-state index contributed by atoms with van der Waals surface area (Å²) in [6.07, 6.45) is -3.95. The Bertz CT molecular complexity index is 884. The fourth-order valence-electron chi connectivity index (χ4n) is 2.50. The van der Waals surface area contributed by atoms with Crippen LogP contribution in [0, 0.1) is 0 Å². The number of aryl methyl sites for hydroxylation is 1. The molecule has 0 aliphatic heterocycles. The van der Waals surface area contributed by atoms with Gasteiger partial charge in [0.2, 0.25) is 5.82 Å². The summed E-state index contributed by atoms with van der Waals surface area (Å²) in [7, 11) is 0. The smallest absolute Gasteiger partial charge is 0.392 e. The molecule has 0 saturated carbocycles. The molecule has 0 spiro atoms. The summed E-state index contributed by atoms with van der Waals surface area (Å²) < 4.78 is 39.1. The van der Waals surface area contributed by atoms with Crippen LogP contribution >= 0.6 is 11.8 Å². The number of fused-ring (bicyclic) bond motifs is 1. The molecule has 3 nitrogen and oxygen atoms in total. The Morgan fingerprint density at radius 3 is 2.32 bits per heavy atom. The third-order valence-electron chi connectivity index (χ3n) is 3.72. The molecule has 0 aliphatic carbocycles. The molecule has 0 aliphatic rings. The predicted molar refractivity (Wildman–Crippen MR) is 91.3 cm³/mol. The van der Waals surface area contributed by atoms with E-state index in [1.165, 1.54) is 11.8 Å². The Morgan fingerprint density at radius 1 is 0.920 bits per heavy atom. The van der Waals surface area contributed by atoms with Crippen LogP contribution in [0.2, 0.25) is 0 Å². The monoisotopic (exact) mass is 364 g/mol. The number of thioether (sulfide) groups is 1. The largest absolute Gasteiger partial charge is 0.451 e. The number of para-hydroxylation sites is 1. The highest BCUT2D eigenvalue weighted by Crippen LogP contribution is 2.32. The van der Waals surface area contributed by atoms with Crippen molar-refractivity contribution in [2.75, 3.05) is 5.75 Å². The Kier molecular flexibility index (Phi) is 5.24. The minimum absolute atomic E-state index is 0.0600. The predicted octanol–water partition coefficient (Wildman–Crippen LogP) is 4.48. The zero-order valence-electron chi connectivity index (χ0n) is 13.1. The van der Waals surface area contributed by atoms with Crippen molar-refractivity contribution in [2.45, 2.75) is 24.2 Å². The summed E-state index contributed by atoms with van der Waals surface area (Å²) in [4.78, 5) is 7.34. The SMILES string of the molecule is OCc1ccccc1CCSc1nc(C(F)(F)F)nc2ccccc12. The lowest BCUT2D eigenvalue weighted by Crippen LogP contribution is -2.12. The van der Waals surface area contributed by atoms with Crippen LogP contribution in [0.4, 0.5) is 13.2 Å². The van der Waals surface area contributed by atoms with Crippen LogP contribution in [0.15, 0.2) is 53.6 Å². The zero-order chi connectivity index (χ0) is 17.9. The molecule has 0 atom stereocenters.